The molecular weight excluding hydrogens is 247 g/mol. The van der Waals surface area contributed by atoms with Crippen molar-refractivity contribution in [3.05, 3.63) is 23.8 Å². The molecule has 0 aliphatic heterocycles. The highest BCUT2D eigenvalue weighted by atomic mass is 19.4. The Balaban J connectivity index is 2.55. The summed E-state index contributed by atoms with van der Waals surface area (Å²) in [4.78, 5) is 0. The van der Waals surface area contributed by atoms with Gasteiger partial charge in [0.15, 0.2) is 11.5 Å². The molecule has 1 aromatic rings. The fourth-order valence-electron chi connectivity index (χ4n) is 1.31. The summed E-state index contributed by atoms with van der Waals surface area (Å²) in [5.41, 5.74) is 0.398. The minimum atomic E-state index is -4.17. The zero-order valence-corrected chi connectivity index (χ0v) is 9.75. The van der Waals surface area contributed by atoms with Gasteiger partial charge in [0.25, 0.3) is 0 Å². The maximum absolute atomic E-state index is 11.9. The van der Waals surface area contributed by atoms with Gasteiger partial charge >= 0.3 is 6.18 Å². The van der Waals surface area contributed by atoms with E-state index in [9.17, 15) is 13.2 Å². The number of ether oxygens (including phenoxy) is 2. The zero-order chi connectivity index (χ0) is 13.6. The number of nitrogens with zero attached hydrogens (tertiary/aromatic N) is 1. The van der Waals surface area contributed by atoms with Gasteiger partial charge in [0.05, 0.1) is 25.3 Å². The lowest BCUT2D eigenvalue weighted by Crippen LogP contribution is -2.10. The first-order valence-electron chi connectivity index (χ1n) is 5.24. The molecule has 0 bridgehead atoms. The van der Waals surface area contributed by atoms with Gasteiger partial charge in [-0.25, -0.2) is 0 Å². The van der Waals surface area contributed by atoms with Gasteiger partial charge < -0.3 is 9.47 Å². The molecule has 0 unspecified atom stereocenters. The Morgan fingerprint density at radius 3 is 2.56 bits per heavy atom. The molecule has 0 aliphatic rings. The van der Waals surface area contributed by atoms with Crippen LogP contribution in [0.2, 0.25) is 0 Å². The lowest BCUT2D eigenvalue weighted by atomic mass is 10.2. The third-order valence-electron chi connectivity index (χ3n) is 2.15. The molecule has 0 N–H and O–H groups in total. The number of alkyl halides is 3. The monoisotopic (exact) mass is 259 g/mol. The van der Waals surface area contributed by atoms with Gasteiger partial charge in [-0.15, -0.1) is 0 Å². The topological polar surface area (TPSA) is 42.2 Å². The van der Waals surface area contributed by atoms with Gasteiger partial charge in [-0.3, -0.25) is 0 Å². The Labute approximate surface area is 103 Å². The summed E-state index contributed by atoms with van der Waals surface area (Å²) >= 11 is 0. The second-order valence-electron chi connectivity index (χ2n) is 3.54. The molecule has 0 spiro atoms. The average molecular weight is 259 g/mol. The number of halogens is 3. The van der Waals surface area contributed by atoms with E-state index in [2.05, 4.69) is 0 Å². The SMILES string of the molecule is COc1cc(C#N)ccc1OCCCC(F)(F)F. The molecule has 0 radical (unpaired) electrons. The number of benzene rings is 1. The minimum absolute atomic E-state index is 0.0538. The van der Waals surface area contributed by atoms with Gasteiger partial charge in [-0.2, -0.15) is 18.4 Å². The molecule has 6 heteroatoms. The maximum Gasteiger partial charge on any atom is 0.389 e. The van der Waals surface area contributed by atoms with Gasteiger partial charge in [0.1, 0.15) is 0 Å². The highest BCUT2D eigenvalue weighted by Crippen LogP contribution is 2.28. The van der Waals surface area contributed by atoms with Crippen molar-refractivity contribution in [1.29, 1.82) is 5.26 Å². The summed E-state index contributed by atoms with van der Waals surface area (Å²) in [6.45, 7) is -0.0538. The quantitative estimate of drug-likeness (QED) is 0.762. The lowest BCUT2D eigenvalue weighted by molar-refractivity contribution is -0.136. The molecule has 0 heterocycles. The fraction of sp³-hybridized carbons (Fsp3) is 0.417. The third-order valence-corrected chi connectivity index (χ3v) is 2.15. The molecule has 0 atom stereocenters. The van der Waals surface area contributed by atoms with Crippen LogP contribution in [-0.4, -0.2) is 19.9 Å². The van der Waals surface area contributed by atoms with Crippen molar-refractivity contribution in [1.82, 2.24) is 0 Å². The van der Waals surface area contributed by atoms with Gasteiger partial charge in [-0.1, -0.05) is 0 Å². The molecular formula is C12H12F3NO2. The Morgan fingerprint density at radius 2 is 2.00 bits per heavy atom. The molecule has 1 rings (SSSR count). The van der Waals surface area contributed by atoms with Crippen molar-refractivity contribution in [3.63, 3.8) is 0 Å². The van der Waals surface area contributed by atoms with E-state index in [0.29, 0.717) is 17.1 Å². The predicted molar refractivity (Wildman–Crippen MR) is 58.5 cm³/mol. The molecule has 0 aliphatic carbocycles. The zero-order valence-electron chi connectivity index (χ0n) is 9.75. The second kappa shape index (κ2) is 6.15. The van der Waals surface area contributed by atoms with Crippen LogP contribution in [-0.2, 0) is 0 Å². The molecule has 0 fully saturated rings. The number of methoxy groups -OCH3 is 1. The van der Waals surface area contributed by atoms with Gasteiger partial charge in [0, 0.05) is 12.5 Å². The standard InChI is InChI=1S/C12H12F3NO2/c1-17-11-7-9(8-16)3-4-10(11)18-6-2-5-12(13,14)15/h3-4,7H,2,5-6H2,1H3. The van der Waals surface area contributed by atoms with Crippen LogP contribution in [0.25, 0.3) is 0 Å². The van der Waals surface area contributed by atoms with E-state index >= 15 is 0 Å². The van der Waals surface area contributed by atoms with Gasteiger partial charge in [0.2, 0.25) is 0 Å². The highest BCUT2D eigenvalue weighted by Gasteiger charge is 2.26. The van der Waals surface area contributed by atoms with E-state index in [1.54, 1.807) is 0 Å². The molecule has 1 aromatic carbocycles. The minimum Gasteiger partial charge on any atom is -0.493 e. The summed E-state index contributed by atoms with van der Waals surface area (Å²) in [5.74, 6) is 0.666. The first-order valence-corrected chi connectivity index (χ1v) is 5.24. The summed E-state index contributed by atoms with van der Waals surface area (Å²) in [6.07, 6.45) is -5.17. The maximum atomic E-state index is 11.9. The van der Waals surface area contributed by atoms with E-state index < -0.39 is 12.6 Å². The molecule has 98 valence electrons. The van der Waals surface area contributed by atoms with Crippen molar-refractivity contribution < 1.29 is 22.6 Å². The Hall–Kier alpha value is -1.90. The summed E-state index contributed by atoms with van der Waals surface area (Å²) in [7, 11) is 1.40. The van der Waals surface area contributed by atoms with Crippen molar-refractivity contribution in [2.75, 3.05) is 13.7 Å². The molecule has 3 nitrogen and oxygen atoms in total. The van der Waals surface area contributed by atoms with Crippen molar-refractivity contribution >= 4 is 0 Å². The number of hydrogen-bond acceptors (Lipinski definition) is 3. The first-order chi connectivity index (χ1) is 8.46. The highest BCUT2D eigenvalue weighted by molar-refractivity contribution is 5.46. The Kier molecular flexibility index (Phi) is 4.84. The number of rotatable bonds is 5. The van der Waals surface area contributed by atoms with E-state index in [1.165, 1.54) is 25.3 Å². The van der Waals surface area contributed by atoms with E-state index in [-0.39, 0.29) is 13.0 Å². The van der Waals surface area contributed by atoms with Crippen LogP contribution in [0.3, 0.4) is 0 Å². The van der Waals surface area contributed by atoms with Crippen molar-refractivity contribution in [2.45, 2.75) is 19.0 Å². The van der Waals surface area contributed by atoms with Crippen molar-refractivity contribution in [3.8, 4) is 17.6 Å². The van der Waals surface area contributed by atoms with Crippen molar-refractivity contribution in [2.24, 2.45) is 0 Å². The van der Waals surface area contributed by atoms with Crippen LogP contribution in [0, 0.1) is 11.3 Å². The summed E-state index contributed by atoms with van der Waals surface area (Å²) < 4.78 is 45.9. The van der Waals surface area contributed by atoms with Crippen LogP contribution in [0.5, 0.6) is 11.5 Å². The van der Waals surface area contributed by atoms with Crippen LogP contribution in [0.4, 0.5) is 13.2 Å². The lowest BCUT2D eigenvalue weighted by Gasteiger charge is -2.11. The van der Waals surface area contributed by atoms with Crippen LogP contribution >= 0.6 is 0 Å². The fourth-order valence-corrected chi connectivity index (χ4v) is 1.31. The Morgan fingerprint density at radius 1 is 1.28 bits per heavy atom. The third kappa shape index (κ3) is 4.53. The smallest absolute Gasteiger partial charge is 0.389 e. The average Bonchev–Trinajstić information content (AvgIpc) is 2.33. The number of nitriles is 1. The predicted octanol–water partition coefficient (Wildman–Crippen LogP) is 3.29. The molecule has 0 saturated carbocycles. The van der Waals surface area contributed by atoms with Crippen LogP contribution < -0.4 is 9.47 Å². The molecule has 0 aromatic heterocycles. The summed E-state index contributed by atoms with van der Waals surface area (Å²) in [5, 5.41) is 8.68. The second-order valence-corrected chi connectivity index (χ2v) is 3.54. The normalized spacial score (nSPS) is 10.8. The first kappa shape index (κ1) is 14.2. The molecule has 0 amide bonds. The van der Waals surface area contributed by atoms with Gasteiger partial charge in [-0.05, 0) is 18.6 Å². The van der Waals surface area contributed by atoms with Crippen LogP contribution in [0.15, 0.2) is 18.2 Å². The number of hydrogen-bond donors (Lipinski definition) is 0. The summed E-state index contributed by atoms with van der Waals surface area (Å²) in [6, 6.07) is 6.42. The largest absolute Gasteiger partial charge is 0.493 e. The molecule has 18 heavy (non-hydrogen) atoms. The van der Waals surface area contributed by atoms with Crippen LogP contribution in [0.1, 0.15) is 18.4 Å². The van der Waals surface area contributed by atoms with E-state index in [4.69, 9.17) is 14.7 Å². The van der Waals surface area contributed by atoms with E-state index in [0.717, 1.165) is 0 Å². The van der Waals surface area contributed by atoms with E-state index in [1.807, 2.05) is 6.07 Å². The molecule has 0 saturated heterocycles. The Bertz CT molecular complexity index is 438.